The van der Waals surface area contributed by atoms with Gasteiger partial charge in [-0.15, -0.1) is 0 Å². The van der Waals surface area contributed by atoms with Gasteiger partial charge in [0, 0.05) is 31.9 Å². The van der Waals surface area contributed by atoms with Gasteiger partial charge in [0.05, 0.1) is 6.61 Å². The molecule has 0 bridgehead atoms. The van der Waals surface area contributed by atoms with Crippen molar-refractivity contribution in [2.45, 2.75) is 18.8 Å². The van der Waals surface area contributed by atoms with Gasteiger partial charge in [0.15, 0.2) is 0 Å². The van der Waals surface area contributed by atoms with E-state index in [9.17, 15) is 9.90 Å². The molecule has 0 aromatic heterocycles. The standard InChI is InChI=1S/C23H31N3O4/c1-25(2)15-20(27)17-30-21-10-8-19(9-11-21)24-23(28)22-16-26(12-13-29-22)14-18-6-4-3-5-7-18/h3-11,20,22,27H,12-17H2,1-2H3,(H,24,28)/t20-,22+/m0/s1. The van der Waals surface area contributed by atoms with Gasteiger partial charge in [0.2, 0.25) is 0 Å². The fourth-order valence-corrected chi connectivity index (χ4v) is 3.37. The molecule has 0 aliphatic carbocycles. The first-order valence-corrected chi connectivity index (χ1v) is 10.2. The van der Waals surface area contributed by atoms with Crippen molar-refractivity contribution in [1.29, 1.82) is 0 Å². The molecule has 2 aromatic rings. The van der Waals surface area contributed by atoms with Crippen LogP contribution >= 0.6 is 0 Å². The highest BCUT2D eigenvalue weighted by atomic mass is 16.5. The molecule has 0 spiro atoms. The fraction of sp³-hybridized carbons (Fsp3) is 0.435. The van der Waals surface area contributed by atoms with Gasteiger partial charge in [0.1, 0.15) is 24.6 Å². The quantitative estimate of drug-likeness (QED) is 0.653. The molecule has 0 unspecified atom stereocenters. The fourth-order valence-electron chi connectivity index (χ4n) is 3.37. The first-order chi connectivity index (χ1) is 14.5. The summed E-state index contributed by atoms with van der Waals surface area (Å²) in [4.78, 5) is 16.8. The van der Waals surface area contributed by atoms with Crippen molar-refractivity contribution in [2.24, 2.45) is 0 Å². The Kier molecular flexibility index (Phi) is 8.21. The molecule has 1 saturated heterocycles. The number of nitrogens with one attached hydrogen (secondary N) is 1. The van der Waals surface area contributed by atoms with Crippen molar-refractivity contribution in [3.05, 3.63) is 60.2 Å². The number of carbonyl (C=O) groups excluding carboxylic acids is 1. The van der Waals surface area contributed by atoms with Gasteiger partial charge >= 0.3 is 0 Å². The first kappa shape index (κ1) is 22.2. The minimum Gasteiger partial charge on any atom is -0.491 e. The molecule has 0 saturated carbocycles. The Morgan fingerprint density at radius 2 is 1.97 bits per heavy atom. The number of anilines is 1. The number of likely N-dealkylation sites (N-methyl/N-ethyl adjacent to an activating group) is 1. The Hall–Kier alpha value is -2.45. The summed E-state index contributed by atoms with van der Waals surface area (Å²) in [7, 11) is 3.80. The van der Waals surface area contributed by atoms with Crippen molar-refractivity contribution in [3.63, 3.8) is 0 Å². The number of hydrogen-bond acceptors (Lipinski definition) is 6. The number of morpholine rings is 1. The Morgan fingerprint density at radius 3 is 2.67 bits per heavy atom. The molecular weight excluding hydrogens is 382 g/mol. The van der Waals surface area contributed by atoms with Crippen molar-refractivity contribution in [3.8, 4) is 5.75 Å². The van der Waals surface area contributed by atoms with Crippen LogP contribution in [0.15, 0.2) is 54.6 Å². The normalized spacial score (nSPS) is 18.2. The molecule has 7 heteroatoms. The minimum atomic E-state index is -0.554. The lowest BCUT2D eigenvalue weighted by atomic mass is 10.2. The summed E-state index contributed by atoms with van der Waals surface area (Å²) in [6, 6.07) is 17.4. The average Bonchev–Trinajstić information content (AvgIpc) is 2.74. The van der Waals surface area contributed by atoms with Crippen LogP contribution < -0.4 is 10.1 Å². The predicted octanol–water partition coefficient (Wildman–Crippen LogP) is 1.83. The van der Waals surface area contributed by atoms with E-state index in [0.29, 0.717) is 31.1 Å². The number of amides is 1. The van der Waals surface area contributed by atoms with Crippen molar-refractivity contribution in [2.75, 3.05) is 52.3 Å². The van der Waals surface area contributed by atoms with Gasteiger partial charge in [-0.1, -0.05) is 30.3 Å². The topological polar surface area (TPSA) is 74.3 Å². The maximum absolute atomic E-state index is 12.6. The van der Waals surface area contributed by atoms with Gasteiger partial charge < -0.3 is 24.8 Å². The second-order valence-electron chi connectivity index (χ2n) is 7.82. The third-order valence-corrected chi connectivity index (χ3v) is 4.83. The highest BCUT2D eigenvalue weighted by Gasteiger charge is 2.26. The summed E-state index contributed by atoms with van der Waals surface area (Å²) < 4.78 is 11.3. The zero-order valence-corrected chi connectivity index (χ0v) is 17.7. The minimum absolute atomic E-state index is 0.150. The van der Waals surface area contributed by atoms with Crippen LogP contribution in [0, 0.1) is 0 Å². The molecule has 30 heavy (non-hydrogen) atoms. The van der Waals surface area contributed by atoms with E-state index in [4.69, 9.17) is 9.47 Å². The maximum atomic E-state index is 12.6. The maximum Gasteiger partial charge on any atom is 0.254 e. The number of hydrogen-bond donors (Lipinski definition) is 2. The Bertz CT molecular complexity index is 783. The monoisotopic (exact) mass is 413 g/mol. The van der Waals surface area contributed by atoms with E-state index in [2.05, 4.69) is 22.3 Å². The first-order valence-electron chi connectivity index (χ1n) is 10.2. The number of carbonyl (C=O) groups is 1. The zero-order chi connectivity index (χ0) is 21.3. The molecule has 2 N–H and O–H groups in total. The SMILES string of the molecule is CN(C)C[C@H](O)COc1ccc(NC(=O)[C@H]2CN(Cc3ccccc3)CCO2)cc1. The molecule has 2 aromatic carbocycles. The Labute approximate surface area is 178 Å². The van der Waals surface area contributed by atoms with Gasteiger partial charge in [-0.05, 0) is 43.9 Å². The number of aliphatic hydroxyl groups excluding tert-OH is 1. The molecular formula is C23H31N3O4. The highest BCUT2D eigenvalue weighted by molar-refractivity contribution is 5.94. The summed E-state index contributed by atoms with van der Waals surface area (Å²) in [5.41, 5.74) is 1.91. The summed E-state index contributed by atoms with van der Waals surface area (Å²) in [6.45, 7) is 3.47. The van der Waals surface area contributed by atoms with Crippen LogP contribution in [-0.4, -0.2) is 80.0 Å². The number of benzene rings is 2. The second kappa shape index (κ2) is 11.1. The lowest BCUT2D eigenvalue weighted by molar-refractivity contribution is -0.133. The molecule has 1 fully saturated rings. The second-order valence-corrected chi connectivity index (χ2v) is 7.82. The molecule has 1 aliphatic rings. The third kappa shape index (κ3) is 7.11. The average molecular weight is 414 g/mol. The zero-order valence-electron chi connectivity index (χ0n) is 17.7. The summed E-state index contributed by atoms with van der Waals surface area (Å²) in [5, 5.41) is 12.8. The van der Waals surface area contributed by atoms with Crippen LogP contribution in [-0.2, 0) is 16.1 Å². The highest BCUT2D eigenvalue weighted by Crippen LogP contribution is 2.17. The number of ether oxygens (including phenoxy) is 2. The smallest absolute Gasteiger partial charge is 0.254 e. The van der Waals surface area contributed by atoms with Crippen molar-refractivity contribution < 1.29 is 19.4 Å². The molecule has 0 radical (unpaired) electrons. The number of nitrogens with zero attached hydrogens (tertiary/aromatic N) is 2. The van der Waals surface area contributed by atoms with Crippen LogP contribution in [0.25, 0.3) is 0 Å². The van der Waals surface area contributed by atoms with Gasteiger partial charge in [-0.2, -0.15) is 0 Å². The largest absolute Gasteiger partial charge is 0.491 e. The van der Waals surface area contributed by atoms with Gasteiger partial charge in [0.25, 0.3) is 5.91 Å². The Balaban J connectivity index is 1.46. The van der Waals surface area contributed by atoms with E-state index in [-0.39, 0.29) is 12.5 Å². The van der Waals surface area contributed by atoms with Crippen LogP contribution in [0.2, 0.25) is 0 Å². The molecule has 1 heterocycles. The molecule has 1 aliphatic heterocycles. The summed E-state index contributed by atoms with van der Waals surface area (Å²) >= 11 is 0. The molecule has 1 amide bonds. The van der Waals surface area contributed by atoms with Crippen LogP contribution in [0.3, 0.4) is 0 Å². The van der Waals surface area contributed by atoms with E-state index < -0.39 is 12.2 Å². The number of aliphatic hydroxyl groups is 1. The van der Waals surface area contributed by atoms with Crippen LogP contribution in [0.1, 0.15) is 5.56 Å². The van der Waals surface area contributed by atoms with Crippen LogP contribution in [0.4, 0.5) is 5.69 Å². The van der Waals surface area contributed by atoms with E-state index in [1.807, 2.05) is 37.2 Å². The summed E-state index contributed by atoms with van der Waals surface area (Å²) in [5.74, 6) is 0.497. The number of rotatable bonds is 9. The lowest BCUT2D eigenvalue weighted by Gasteiger charge is -2.32. The Morgan fingerprint density at radius 1 is 1.23 bits per heavy atom. The lowest BCUT2D eigenvalue weighted by Crippen LogP contribution is -2.47. The molecule has 2 atom stereocenters. The third-order valence-electron chi connectivity index (χ3n) is 4.83. The van der Waals surface area contributed by atoms with E-state index in [0.717, 1.165) is 13.1 Å². The molecule has 7 nitrogen and oxygen atoms in total. The van der Waals surface area contributed by atoms with E-state index in [1.165, 1.54) is 5.56 Å². The molecule has 162 valence electrons. The van der Waals surface area contributed by atoms with Crippen LogP contribution in [0.5, 0.6) is 5.75 Å². The van der Waals surface area contributed by atoms with E-state index in [1.54, 1.807) is 24.3 Å². The van der Waals surface area contributed by atoms with Crippen molar-refractivity contribution >= 4 is 11.6 Å². The summed E-state index contributed by atoms with van der Waals surface area (Å²) in [6.07, 6.45) is -1.05. The van der Waals surface area contributed by atoms with Crippen molar-refractivity contribution in [1.82, 2.24) is 9.80 Å². The predicted molar refractivity (Wildman–Crippen MR) is 117 cm³/mol. The van der Waals surface area contributed by atoms with Gasteiger partial charge in [-0.3, -0.25) is 9.69 Å². The van der Waals surface area contributed by atoms with E-state index >= 15 is 0 Å². The van der Waals surface area contributed by atoms with Gasteiger partial charge in [-0.25, -0.2) is 0 Å². The molecule has 3 rings (SSSR count).